The van der Waals surface area contributed by atoms with E-state index in [-0.39, 0.29) is 5.56 Å². The summed E-state index contributed by atoms with van der Waals surface area (Å²) >= 11 is 0. The first-order valence-electron chi connectivity index (χ1n) is 9.36. The van der Waals surface area contributed by atoms with Gasteiger partial charge in [0.15, 0.2) is 5.83 Å². The lowest BCUT2D eigenvalue weighted by molar-refractivity contribution is -0.148. The molecular formula is C22H22F6. The van der Waals surface area contributed by atoms with Crippen LogP contribution in [-0.2, 0) is 0 Å². The summed E-state index contributed by atoms with van der Waals surface area (Å²) in [5.74, 6) is -13.2. The van der Waals surface area contributed by atoms with Crippen molar-refractivity contribution in [1.82, 2.24) is 0 Å². The smallest absolute Gasteiger partial charge is 0.208 e. The van der Waals surface area contributed by atoms with E-state index in [4.69, 9.17) is 0 Å². The zero-order chi connectivity index (χ0) is 20.7. The van der Waals surface area contributed by atoms with Crippen LogP contribution in [0.1, 0.15) is 43.7 Å². The van der Waals surface area contributed by atoms with E-state index in [1.165, 1.54) is 24.3 Å². The molecule has 1 aromatic rings. The molecule has 28 heavy (non-hydrogen) atoms. The third kappa shape index (κ3) is 3.53. The summed E-state index contributed by atoms with van der Waals surface area (Å²) in [6, 6.07) is 5.65. The van der Waals surface area contributed by atoms with E-state index in [2.05, 4.69) is 0 Å². The summed E-state index contributed by atoms with van der Waals surface area (Å²) in [5.41, 5.74) is -1.81. The number of halogens is 6. The lowest BCUT2D eigenvalue weighted by atomic mass is 9.80. The van der Waals surface area contributed by atoms with Crippen molar-refractivity contribution >= 4 is 5.57 Å². The van der Waals surface area contributed by atoms with Gasteiger partial charge in [-0.25, -0.2) is 8.78 Å². The topological polar surface area (TPSA) is 0 Å². The van der Waals surface area contributed by atoms with Crippen LogP contribution in [-0.4, -0.2) is 11.8 Å². The molecule has 2 aliphatic carbocycles. The molecule has 6 heteroatoms. The minimum absolute atomic E-state index is 0.0864. The molecule has 0 unspecified atom stereocenters. The second-order valence-electron chi connectivity index (χ2n) is 7.79. The summed E-state index contributed by atoms with van der Waals surface area (Å²) in [6.07, 6.45) is 3.27. The molecule has 0 aliphatic heterocycles. The molecule has 0 nitrogen and oxygen atoms in total. The summed E-state index contributed by atoms with van der Waals surface area (Å²) in [5, 5.41) is 0. The van der Waals surface area contributed by atoms with Crippen LogP contribution in [0.5, 0.6) is 0 Å². The molecule has 0 spiro atoms. The van der Waals surface area contributed by atoms with Crippen molar-refractivity contribution in [3.63, 3.8) is 0 Å². The number of benzene rings is 1. The molecule has 0 radical (unpaired) electrons. The number of allylic oxidation sites excluding steroid dienone is 6. The Kier molecular flexibility index (Phi) is 5.52. The van der Waals surface area contributed by atoms with Gasteiger partial charge in [0.25, 0.3) is 0 Å². The normalized spacial score (nSPS) is 27.6. The maximum atomic E-state index is 14.6. The summed E-state index contributed by atoms with van der Waals surface area (Å²) in [6.45, 7) is 3.71. The lowest BCUT2D eigenvalue weighted by Crippen LogP contribution is -2.45. The molecule has 1 saturated carbocycles. The zero-order valence-electron chi connectivity index (χ0n) is 15.7. The van der Waals surface area contributed by atoms with E-state index in [1.807, 2.05) is 6.92 Å². The minimum atomic E-state index is -4.86. The zero-order valence-corrected chi connectivity index (χ0v) is 15.7. The number of aryl methyl sites for hydroxylation is 1. The van der Waals surface area contributed by atoms with Crippen molar-refractivity contribution < 1.29 is 26.3 Å². The Morgan fingerprint density at radius 1 is 0.857 bits per heavy atom. The van der Waals surface area contributed by atoms with Crippen LogP contribution in [0.3, 0.4) is 0 Å². The first kappa shape index (κ1) is 20.7. The van der Waals surface area contributed by atoms with Gasteiger partial charge in [0.05, 0.1) is 5.57 Å². The minimum Gasteiger partial charge on any atom is -0.208 e. The van der Waals surface area contributed by atoms with Gasteiger partial charge in [0, 0.05) is 11.5 Å². The van der Waals surface area contributed by atoms with E-state index in [9.17, 15) is 26.3 Å². The van der Waals surface area contributed by atoms with Crippen LogP contribution < -0.4 is 0 Å². The van der Waals surface area contributed by atoms with Gasteiger partial charge in [-0.2, -0.15) is 17.6 Å². The van der Waals surface area contributed by atoms with Crippen molar-refractivity contribution in [1.29, 1.82) is 0 Å². The van der Waals surface area contributed by atoms with Crippen LogP contribution in [0.15, 0.2) is 53.6 Å². The van der Waals surface area contributed by atoms with Crippen LogP contribution >= 0.6 is 0 Å². The highest BCUT2D eigenvalue weighted by Gasteiger charge is 2.63. The molecule has 0 saturated heterocycles. The molecule has 3 rings (SSSR count). The molecule has 0 aromatic heterocycles. The first-order valence-corrected chi connectivity index (χ1v) is 9.36. The highest BCUT2D eigenvalue weighted by molar-refractivity contribution is 5.77. The quantitative estimate of drug-likeness (QED) is 0.459. The van der Waals surface area contributed by atoms with E-state index < -0.39 is 40.6 Å². The predicted octanol–water partition coefficient (Wildman–Crippen LogP) is 7.57. The summed E-state index contributed by atoms with van der Waals surface area (Å²) in [4.78, 5) is 0. The van der Waals surface area contributed by atoms with Crippen molar-refractivity contribution in [3.05, 3.63) is 64.8 Å². The van der Waals surface area contributed by atoms with E-state index in [0.29, 0.717) is 37.7 Å². The SMILES string of the molecule is Cc1ccc(C2=CC=C(/C(F)=C(\F)C3CCC(C)CC3)C(F)(F)C2(F)F)cc1. The Bertz CT molecular complexity index is 821. The maximum Gasteiger partial charge on any atom is 0.342 e. The highest BCUT2D eigenvalue weighted by atomic mass is 19.3. The average molecular weight is 400 g/mol. The summed E-state index contributed by atoms with van der Waals surface area (Å²) < 4.78 is 87.6. The monoisotopic (exact) mass is 400 g/mol. The number of hydrogen-bond donors (Lipinski definition) is 0. The first-order chi connectivity index (χ1) is 13.1. The van der Waals surface area contributed by atoms with E-state index in [1.54, 1.807) is 6.92 Å². The van der Waals surface area contributed by atoms with Gasteiger partial charge in [0.2, 0.25) is 0 Å². The molecule has 1 fully saturated rings. The Morgan fingerprint density at radius 2 is 1.43 bits per heavy atom. The Balaban J connectivity index is 2.01. The number of alkyl halides is 4. The molecule has 0 N–H and O–H groups in total. The second kappa shape index (κ2) is 7.45. The van der Waals surface area contributed by atoms with Gasteiger partial charge in [-0.1, -0.05) is 55.7 Å². The van der Waals surface area contributed by atoms with Crippen LogP contribution in [0.2, 0.25) is 0 Å². The molecule has 0 heterocycles. The van der Waals surface area contributed by atoms with Crippen molar-refractivity contribution in [3.8, 4) is 0 Å². The van der Waals surface area contributed by atoms with E-state index in [0.717, 1.165) is 11.6 Å². The third-order valence-electron chi connectivity index (χ3n) is 5.67. The van der Waals surface area contributed by atoms with Crippen molar-refractivity contribution in [2.45, 2.75) is 51.4 Å². The standard InChI is InChI=1S/C22H22F6/c1-13-3-7-15(8-4-13)17-11-12-18(22(27,28)21(17,25)26)20(24)19(23)16-9-5-14(2)6-10-16/h3-4,7-8,11-12,14,16H,5-6,9-10H2,1-2H3/b20-19+. The van der Waals surface area contributed by atoms with Gasteiger partial charge in [-0.05, 0) is 37.3 Å². The van der Waals surface area contributed by atoms with Crippen LogP contribution in [0, 0.1) is 18.8 Å². The molecule has 0 amide bonds. The third-order valence-corrected chi connectivity index (χ3v) is 5.67. The van der Waals surface area contributed by atoms with Crippen molar-refractivity contribution in [2.75, 3.05) is 0 Å². The number of rotatable bonds is 3. The Labute approximate surface area is 160 Å². The Hall–Kier alpha value is -1.98. The van der Waals surface area contributed by atoms with E-state index >= 15 is 0 Å². The Morgan fingerprint density at radius 3 is 2.00 bits per heavy atom. The average Bonchev–Trinajstić information content (AvgIpc) is 2.64. The van der Waals surface area contributed by atoms with Gasteiger partial charge in [-0.15, -0.1) is 0 Å². The highest BCUT2D eigenvalue weighted by Crippen LogP contribution is 2.53. The molecular weight excluding hydrogens is 378 g/mol. The molecule has 0 atom stereocenters. The van der Waals surface area contributed by atoms with Gasteiger partial charge >= 0.3 is 11.8 Å². The fourth-order valence-electron chi connectivity index (χ4n) is 3.76. The predicted molar refractivity (Wildman–Crippen MR) is 97.5 cm³/mol. The summed E-state index contributed by atoms with van der Waals surface area (Å²) in [7, 11) is 0. The van der Waals surface area contributed by atoms with Crippen LogP contribution in [0.4, 0.5) is 26.3 Å². The fourth-order valence-corrected chi connectivity index (χ4v) is 3.76. The largest absolute Gasteiger partial charge is 0.342 e. The van der Waals surface area contributed by atoms with Gasteiger partial charge < -0.3 is 0 Å². The number of hydrogen-bond acceptors (Lipinski definition) is 0. The fraction of sp³-hybridized carbons (Fsp3) is 0.455. The molecule has 2 aliphatic rings. The second-order valence-corrected chi connectivity index (χ2v) is 7.79. The van der Waals surface area contributed by atoms with Crippen LogP contribution in [0.25, 0.3) is 5.57 Å². The molecule has 0 bridgehead atoms. The molecule has 152 valence electrons. The lowest BCUT2D eigenvalue weighted by Gasteiger charge is -2.33. The van der Waals surface area contributed by atoms with Gasteiger partial charge in [-0.3, -0.25) is 0 Å². The maximum absolute atomic E-state index is 14.6. The molecule has 1 aromatic carbocycles. The van der Waals surface area contributed by atoms with Crippen molar-refractivity contribution in [2.24, 2.45) is 11.8 Å². The van der Waals surface area contributed by atoms with Gasteiger partial charge in [0.1, 0.15) is 5.83 Å².